The minimum absolute atomic E-state index is 0.0113. The largest absolute Gasteiger partial charge is 0.394 e. The summed E-state index contributed by atoms with van der Waals surface area (Å²) in [5.41, 5.74) is 0. The fourth-order valence-electron chi connectivity index (χ4n) is 2.23. The standard InChI is InChI=1S/C11H18N2O4/c1-7-6-17-8(5-14)4-13(7)11(16)9-2-3-10(15)12-9/h7-9,14H,2-6H2,1H3,(H,12,15). The lowest BCUT2D eigenvalue weighted by atomic mass is 10.1. The van der Waals surface area contributed by atoms with Crippen molar-refractivity contribution in [2.45, 2.75) is 38.0 Å². The Labute approximate surface area is 99.9 Å². The molecule has 0 aromatic heterocycles. The number of ether oxygens (including phenoxy) is 1. The third-order valence-electron chi connectivity index (χ3n) is 3.29. The van der Waals surface area contributed by atoms with Gasteiger partial charge in [-0.2, -0.15) is 0 Å². The van der Waals surface area contributed by atoms with Gasteiger partial charge in [0.25, 0.3) is 0 Å². The summed E-state index contributed by atoms with van der Waals surface area (Å²) in [5, 5.41) is 11.7. The molecule has 0 aliphatic carbocycles. The number of nitrogens with one attached hydrogen (secondary N) is 1. The molecule has 2 fully saturated rings. The zero-order valence-electron chi connectivity index (χ0n) is 9.89. The minimum Gasteiger partial charge on any atom is -0.394 e. The molecule has 6 heteroatoms. The fourth-order valence-corrected chi connectivity index (χ4v) is 2.23. The van der Waals surface area contributed by atoms with Crippen LogP contribution in [-0.2, 0) is 14.3 Å². The van der Waals surface area contributed by atoms with E-state index in [1.807, 2.05) is 6.92 Å². The summed E-state index contributed by atoms with van der Waals surface area (Å²) in [7, 11) is 0. The van der Waals surface area contributed by atoms with Crippen LogP contribution in [0.5, 0.6) is 0 Å². The van der Waals surface area contributed by atoms with Gasteiger partial charge in [0.2, 0.25) is 11.8 Å². The van der Waals surface area contributed by atoms with Gasteiger partial charge >= 0.3 is 0 Å². The first-order valence-corrected chi connectivity index (χ1v) is 5.94. The van der Waals surface area contributed by atoms with Crippen LogP contribution in [-0.4, -0.2) is 59.8 Å². The molecule has 0 saturated carbocycles. The first kappa shape index (κ1) is 12.3. The molecular weight excluding hydrogens is 224 g/mol. The van der Waals surface area contributed by atoms with Gasteiger partial charge in [0.05, 0.1) is 25.4 Å². The SMILES string of the molecule is CC1COC(CO)CN1C(=O)C1CCC(=O)N1. The quantitative estimate of drug-likeness (QED) is 0.642. The zero-order chi connectivity index (χ0) is 12.4. The van der Waals surface area contributed by atoms with Crippen LogP contribution in [0.3, 0.4) is 0 Å². The average Bonchev–Trinajstić information content (AvgIpc) is 2.76. The highest BCUT2D eigenvalue weighted by Gasteiger charge is 2.36. The van der Waals surface area contributed by atoms with Crippen molar-refractivity contribution in [3.8, 4) is 0 Å². The summed E-state index contributed by atoms with van der Waals surface area (Å²) < 4.78 is 5.37. The highest BCUT2D eigenvalue weighted by molar-refractivity contribution is 5.91. The molecule has 2 saturated heterocycles. The van der Waals surface area contributed by atoms with Gasteiger partial charge in [0.15, 0.2) is 0 Å². The van der Waals surface area contributed by atoms with Crippen LogP contribution < -0.4 is 5.32 Å². The first-order valence-electron chi connectivity index (χ1n) is 5.94. The predicted octanol–water partition coefficient (Wildman–Crippen LogP) is -1.13. The number of rotatable bonds is 2. The van der Waals surface area contributed by atoms with Gasteiger partial charge in [-0.05, 0) is 13.3 Å². The molecule has 2 aliphatic rings. The van der Waals surface area contributed by atoms with Crippen LogP contribution in [0.15, 0.2) is 0 Å². The number of hydrogen-bond donors (Lipinski definition) is 2. The molecule has 2 N–H and O–H groups in total. The molecule has 0 aromatic rings. The highest BCUT2D eigenvalue weighted by atomic mass is 16.5. The molecular formula is C11H18N2O4. The van der Waals surface area contributed by atoms with Crippen LogP contribution in [0.1, 0.15) is 19.8 Å². The van der Waals surface area contributed by atoms with Crippen LogP contribution in [0.2, 0.25) is 0 Å². The van der Waals surface area contributed by atoms with E-state index in [1.165, 1.54) is 0 Å². The maximum Gasteiger partial charge on any atom is 0.245 e. The number of aliphatic hydroxyl groups is 1. The molecule has 2 amide bonds. The zero-order valence-corrected chi connectivity index (χ0v) is 9.89. The van der Waals surface area contributed by atoms with E-state index >= 15 is 0 Å². The molecule has 3 unspecified atom stereocenters. The lowest BCUT2D eigenvalue weighted by Gasteiger charge is -2.38. The Bertz CT molecular complexity index is 321. The molecule has 0 radical (unpaired) electrons. The Kier molecular flexibility index (Phi) is 3.63. The molecule has 17 heavy (non-hydrogen) atoms. The Morgan fingerprint density at radius 3 is 3.00 bits per heavy atom. The fraction of sp³-hybridized carbons (Fsp3) is 0.818. The molecule has 0 aromatic carbocycles. The summed E-state index contributed by atoms with van der Waals surface area (Å²) in [5.74, 6) is -0.131. The van der Waals surface area contributed by atoms with E-state index in [0.717, 1.165) is 0 Å². The second kappa shape index (κ2) is 5.01. The smallest absolute Gasteiger partial charge is 0.245 e. The number of amides is 2. The second-order valence-electron chi connectivity index (χ2n) is 4.64. The van der Waals surface area contributed by atoms with Crippen molar-refractivity contribution < 1.29 is 19.4 Å². The van der Waals surface area contributed by atoms with Gasteiger partial charge in [0.1, 0.15) is 6.04 Å². The van der Waals surface area contributed by atoms with Crippen molar-refractivity contribution >= 4 is 11.8 Å². The van der Waals surface area contributed by atoms with Gasteiger partial charge in [-0.15, -0.1) is 0 Å². The van der Waals surface area contributed by atoms with Gasteiger partial charge in [0, 0.05) is 13.0 Å². The number of aliphatic hydroxyl groups excluding tert-OH is 1. The molecule has 0 bridgehead atoms. The summed E-state index contributed by atoms with van der Waals surface area (Å²) in [4.78, 5) is 25.0. The molecule has 2 rings (SSSR count). The summed E-state index contributed by atoms with van der Waals surface area (Å²) in [6.45, 7) is 2.64. The van der Waals surface area contributed by atoms with Crippen LogP contribution >= 0.6 is 0 Å². The minimum atomic E-state index is -0.401. The maximum absolute atomic E-state index is 12.2. The van der Waals surface area contributed by atoms with Gasteiger partial charge in [-0.3, -0.25) is 9.59 Å². The molecule has 2 aliphatic heterocycles. The van der Waals surface area contributed by atoms with Crippen molar-refractivity contribution in [3.05, 3.63) is 0 Å². The Morgan fingerprint density at radius 2 is 2.41 bits per heavy atom. The second-order valence-corrected chi connectivity index (χ2v) is 4.64. The maximum atomic E-state index is 12.2. The number of nitrogens with zero attached hydrogens (tertiary/aromatic N) is 1. The summed E-state index contributed by atoms with van der Waals surface area (Å²) in [6.07, 6.45) is 0.664. The number of hydrogen-bond acceptors (Lipinski definition) is 4. The van der Waals surface area contributed by atoms with Crippen molar-refractivity contribution in [3.63, 3.8) is 0 Å². The molecule has 6 nitrogen and oxygen atoms in total. The topological polar surface area (TPSA) is 78.9 Å². The van der Waals surface area contributed by atoms with Crippen LogP contribution in [0.4, 0.5) is 0 Å². The molecule has 3 atom stereocenters. The third kappa shape index (κ3) is 2.58. The van der Waals surface area contributed by atoms with Gasteiger partial charge < -0.3 is 20.1 Å². The normalized spacial score (nSPS) is 33.6. The van der Waals surface area contributed by atoms with E-state index in [-0.39, 0.29) is 30.6 Å². The molecule has 96 valence electrons. The van der Waals surface area contributed by atoms with E-state index in [0.29, 0.717) is 26.0 Å². The van der Waals surface area contributed by atoms with Crippen LogP contribution in [0.25, 0.3) is 0 Å². The number of carbonyl (C=O) groups excluding carboxylic acids is 2. The molecule has 0 spiro atoms. The summed E-state index contributed by atoms with van der Waals surface area (Å²) >= 11 is 0. The first-order chi connectivity index (χ1) is 8.11. The number of morpholine rings is 1. The van der Waals surface area contributed by atoms with E-state index < -0.39 is 6.04 Å². The van der Waals surface area contributed by atoms with E-state index in [4.69, 9.17) is 9.84 Å². The number of carbonyl (C=O) groups is 2. The van der Waals surface area contributed by atoms with Crippen LogP contribution in [0, 0.1) is 0 Å². The average molecular weight is 242 g/mol. The van der Waals surface area contributed by atoms with Gasteiger partial charge in [-0.1, -0.05) is 0 Å². The van der Waals surface area contributed by atoms with Crippen molar-refractivity contribution in [1.82, 2.24) is 10.2 Å². The lowest BCUT2D eigenvalue weighted by Crippen LogP contribution is -2.56. The molecule has 2 heterocycles. The van der Waals surface area contributed by atoms with Gasteiger partial charge in [-0.25, -0.2) is 0 Å². The van der Waals surface area contributed by atoms with E-state index in [9.17, 15) is 9.59 Å². The Hall–Kier alpha value is -1.14. The predicted molar refractivity (Wildman–Crippen MR) is 59.2 cm³/mol. The Morgan fingerprint density at radius 1 is 1.65 bits per heavy atom. The highest BCUT2D eigenvalue weighted by Crippen LogP contribution is 2.16. The third-order valence-corrected chi connectivity index (χ3v) is 3.29. The van der Waals surface area contributed by atoms with Crippen molar-refractivity contribution in [2.75, 3.05) is 19.8 Å². The van der Waals surface area contributed by atoms with E-state index in [2.05, 4.69) is 5.32 Å². The van der Waals surface area contributed by atoms with Crippen molar-refractivity contribution in [1.29, 1.82) is 0 Å². The lowest BCUT2D eigenvalue weighted by molar-refractivity contribution is -0.148. The summed E-state index contributed by atoms with van der Waals surface area (Å²) in [6, 6.07) is -0.412. The van der Waals surface area contributed by atoms with Crippen molar-refractivity contribution in [2.24, 2.45) is 0 Å². The monoisotopic (exact) mass is 242 g/mol. The Balaban J connectivity index is 1.99. The van der Waals surface area contributed by atoms with E-state index in [1.54, 1.807) is 4.90 Å².